The summed E-state index contributed by atoms with van der Waals surface area (Å²) in [7, 11) is 0. The zero-order chi connectivity index (χ0) is 20.1. The molecule has 3 rings (SSSR count). The van der Waals surface area contributed by atoms with Crippen LogP contribution in [0, 0.1) is 0 Å². The molecule has 0 atom stereocenters. The van der Waals surface area contributed by atoms with Crippen LogP contribution in [0.25, 0.3) is 0 Å². The molecule has 150 valence electrons. The lowest BCUT2D eigenvalue weighted by Gasteiger charge is -2.34. The molecule has 0 unspecified atom stereocenters. The second-order valence-corrected chi connectivity index (χ2v) is 8.32. The van der Waals surface area contributed by atoms with E-state index in [1.165, 1.54) is 17.3 Å². The molecule has 1 fully saturated rings. The van der Waals surface area contributed by atoms with E-state index in [4.69, 9.17) is 23.2 Å². The average molecular weight is 421 g/mol. The van der Waals surface area contributed by atoms with Crippen molar-refractivity contribution < 1.29 is 4.79 Å². The van der Waals surface area contributed by atoms with Gasteiger partial charge in [0.2, 0.25) is 5.91 Å². The molecule has 1 saturated heterocycles. The maximum atomic E-state index is 12.3. The fourth-order valence-corrected chi connectivity index (χ4v) is 3.68. The van der Waals surface area contributed by atoms with Gasteiger partial charge in [0, 0.05) is 38.9 Å². The number of nitrogens with one attached hydrogen (secondary N) is 1. The lowest BCUT2D eigenvalue weighted by Crippen LogP contribution is -2.48. The Morgan fingerprint density at radius 2 is 1.75 bits per heavy atom. The van der Waals surface area contributed by atoms with Crippen molar-refractivity contribution in [1.82, 2.24) is 14.8 Å². The second-order valence-electron chi connectivity index (χ2n) is 7.48. The van der Waals surface area contributed by atoms with E-state index in [-0.39, 0.29) is 5.91 Å². The van der Waals surface area contributed by atoms with Crippen molar-refractivity contribution in [3.8, 4) is 0 Å². The number of benzene rings is 1. The van der Waals surface area contributed by atoms with Gasteiger partial charge < -0.3 is 5.32 Å². The Morgan fingerprint density at radius 1 is 1.11 bits per heavy atom. The molecule has 7 heteroatoms. The maximum Gasteiger partial charge on any atom is 0.239 e. The molecule has 0 saturated carbocycles. The Bertz CT molecular complexity index is 803. The molecule has 1 aromatic carbocycles. The number of hydrogen-bond acceptors (Lipinski definition) is 4. The van der Waals surface area contributed by atoms with E-state index < -0.39 is 0 Å². The summed E-state index contributed by atoms with van der Waals surface area (Å²) in [5, 5.41) is 3.54. The van der Waals surface area contributed by atoms with Crippen molar-refractivity contribution in [2.75, 3.05) is 38.0 Å². The largest absolute Gasteiger partial charge is 0.308 e. The van der Waals surface area contributed by atoms with Gasteiger partial charge in [0.1, 0.15) is 0 Å². The third-order valence-corrected chi connectivity index (χ3v) is 5.45. The smallest absolute Gasteiger partial charge is 0.239 e. The zero-order valence-electron chi connectivity index (χ0n) is 16.3. The molecule has 0 aliphatic carbocycles. The van der Waals surface area contributed by atoms with E-state index in [2.05, 4.69) is 58.2 Å². The first-order valence-corrected chi connectivity index (χ1v) is 10.3. The number of piperazine rings is 1. The number of carbonyl (C=O) groups is 1. The van der Waals surface area contributed by atoms with Gasteiger partial charge in [-0.3, -0.25) is 14.6 Å². The van der Waals surface area contributed by atoms with Crippen LogP contribution in [0.4, 0.5) is 5.82 Å². The SMILES string of the molecule is CC(C)c1ccc(CN2CCN(CC(=O)Nc3ncc(Cl)cc3Cl)CC2)cc1. The third-order valence-electron chi connectivity index (χ3n) is 4.95. The van der Waals surface area contributed by atoms with Crippen molar-refractivity contribution in [2.24, 2.45) is 0 Å². The van der Waals surface area contributed by atoms with Crippen LogP contribution < -0.4 is 5.32 Å². The summed E-state index contributed by atoms with van der Waals surface area (Å²) in [4.78, 5) is 20.9. The van der Waals surface area contributed by atoms with Crippen molar-refractivity contribution in [3.05, 3.63) is 57.7 Å². The van der Waals surface area contributed by atoms with E-state index in [9.17, 15) is 4.79 Å². The summed E-state index contributed by atoms with van der Waals surface area (Å²) in [5.41, 5.74) is 2.70. The number of halogens is 2. The van der Waals surface area contributed by atoms with Crippen molar-refractivity contribution in [3.63, 3.8) is 0 Å². The van der Waals surface area contributed by atoms with E-state index in [0.717, 1.165) is 32.7 Å². The number of carbonyl (C=O) groups excluding carboxylic acids is 1. The van der Waals surface area contributed by atoms with Gasteiger partial charge in [-0.2, -0.15) is 0 Å². The summed E-state index contributed by atoms with van der Waals surface area (Å²) >= 11 is 11.9. The fraction of sp³-hybridized carbons (Fsp3) is 0.429. The zero-order valence-corrected chi connectivity index (χ0v) is 17.8. The van der Waals surface area contributed by atoms with Crippen molar-refractivity contribution >= 4 is 34.9 Å². The minimum Gasteiger partial charge on any atom is -0.308 e. The number of aromatic nitrogens is 1. The molecule has 2 aromatic rings. The van der Waals surface area contributed by atoms with E-state index in [1.807, 2.05) is 0 Å². The Morgan fingerprint density at radius 3 is 2.36 bits per heavy atom. The number of anilines is 1. The topological polar surface area (TPSA) is 48.5 Å². The standard InChI is InChI=1S/C21H26Cl2N4O/c1-15(2)17-5-3-16(4-6-17)13-26-7-9-27(10-8-26)14-20(28)25-21-19(23)11-18(22)12-24-21/h3-6,11-12,15H,7-10,13-14H2,1-2H3,(H,24,25,28). The fourth-order valence-electron chi connectivity index (χ4n) is 3.25. The highest BCUT2D eigenvalue weighted by molar-refractivity contribution is 6.36. The lowest BCUT2D eigenvalue weighted by molar-refractivity contribution is -0.117. The Kier molecular flexibility index (Phi) is 7.30. The predicted molar refractivity (Wildman–Crippen MR) is 115 cm³/mol. The number of amides is 1. The monoisotopic (exact) mass is 420 g/mol. The molecule has 0 radical (unpaired) electrons. The summed E-state index contributed by atoms with van der Waals surface area (Å²) in [6.45, 7) is 9.31. The lowest BCUT2D eigenvalue weighted by atomic mass is 10.0. The summed E-state index contributed by atoms with van der Waals surface area (Å²) in [5.74, 6) is 0.788. The second kappa shape index (κ2) is 9.70. The van der Waals surface area contributed by atoms with Gasteiger partial charge in [-0.25, -0.2) is 4.98 Å². The first kappa shape index (κ1) is 21.1. The van der Waals surface area contributed by atoms with Crippen LogP contribution in [-0.4, -0.2) is 53.4 Å². The van der Waals surface area contributed by atoms with E-state index >= 15 is 0 Å². The Hall–Kier alpha value is -1.66. The van der Waals surface area contributed by atoms with Gasteiger partial charge >= 0.3 is 0 Å². The van der Waals surface area contributed by atoms with Crippen LogP contribution in [0.15, 0.2) is 36.5 Å². The van der Waals surface area contributed by atoms with Gasteiger partial charge in [-0.15, -0.1) is 0 Å². The summed E-state index contributed by atoms with van der Waals surface area (Å²) in [6.07, 6.45) is 1.47. The number of hydrogen-bond donors (Lipinski definition) is 1. The molecule has 1 aliphatic heterocycles. The molecule has 1 aliphatic rings. The van der Waals surface area contributed by atoms with Crippen molar-refractivity contribution in [2.45, 2.75) is 26.3 Å². The van der Waals surface area contributed by atoms with Gasteiger partial charge in [-0.05, 0) is 23.1 Å². The van der Waals surface area contributed by atoms with Gasteiger partial charge in [0.15, 0.2) is 5.82 Å². The van der Waals surface area contributed by atoms with Crippen LogP contribution in [0.2, 0.25) is 10.0 Å². The van der Waals surface area contributed by atoms with Crippen molar-refractivity contribution in [1.29, 1.82) is 0 Å². The van der Waals surface area contributed by atoms with Gasteiger partial charge in [-0.1, -0.05) is 61.3 Å². The molecule has 0 bridgehead atoms. The minimum atomic E-state index is -0.116. The van der Waals surface area contributed by atoms with E-state index in [0.29, 0.717) is 28.3 Å². The third kappa shape index (κ3) is 5.92. The number of rotatable bonds is 6. The van der Waals surface area contributed by atoms with Gasteiger partial charge in [0.05, 0.1) is 16.6 Å². The quantitative estimate of drug-likeness (QED) is 0.757. The van der Waals surface area contributed by atoms with Crippen LogP contribution in [0.3, 0.4) is 0 Å². The Balaban J connectivity index is 1.44. The molecule has 1 aromatic heterocycles. The molecule has 1 N–H and O–H groups in total. The van der Waals surface area contributed by atoms with E-state index in [1.54, 1.807) is 6.07 Å². The molecule has 0 spiro atoms. The first-order valence-electron chi connectivity index (χ1n) is 9.55. The van der Waals surface area contributed by atoms with Gasteiger partial charge in [0.25, 0.3) is 0 Å². The maximum absolute atomic E-state index is 12.3. The highest BCUT2D eigenvalue weighted by atomic mass is 35.5. The normalized spacial score (nSPS) is 15.8. The first-order chi connectivity index (χ1) is 13.4. The molecule has 28 heavy (non-hydrogen) atoms. The van der Waals surface area contributed by atoms with Crippen LogP contribution >= 0.6 is 23.2 Å². The highest BCUT2D eigenvalue weighted by Gasteiger charge is 2.19. The summed E-state index contributed by atoms with van der Waals surface area (Å²) in [6, 6.07) is 10.4. The number of nitrogens with zero attached hydrogens (tertiary/aromatic N) is 3. The molecule has 1 amide bonds. The molecular formula is C21H26Cl2N4O. The predicted octanol–water partition coefficient (Wildman–Crippen LogP) is 4.27. The Labute approximate surface area is 176 Å². The number of pyridine rings is 1. The van der Waals surface area contributed by atoms with Crippen LogP contribution in [0.1, 0.15) is 30.9 Å². The van der Waals surface area contributed by atoms with Crippen LogP contribution in [-0.2, 0) is 11.3 Å². The molecule has 2 heterocycles. The molecule has 5 nitrogen and oxygen atoms in total. The summed E-state index contributed by atoms with van der Waals surface area (Å²) < 4.78 is 0. The minimum absolute atomic E-state index is 0.116. The highest BCUT2D eigenvalue weighted by Crippen LogP contribution is 2.22. The molecular weight excluding hydrogens is 395 g/mol. The van der Waals surface area contributed by atoms with Crippen LogP contribution in [0.5, 0.6) is 0 Å². The average Bonchev–Trinajstić information content (AvgIpc) is 2.66.